The molecular formula is C12H19FN2O. The average molecular weight is 226 g/mol. The number of nitrogens with zero attached hydrogens (tertiary/aromatic N) is 1. The SMILES string of the molecule is CC(C)CCOCCNc1cccc(F)n1. The molecule has 0 atom stereocenters. The van der Waals surface area contributed by atoms with Gasteiger partial charge in [-0.15, -0.1) is 0 Å². The highest BCUT2D eigenvalue weighted by Gasteiger charge is 1.96. The van der Waals surface area contributed by atoms with Gasteiger partial charge in [0.2, 0.25) is 5.95 Å². The molecule has 0 bridgehead atoms. The minimum Gasteiger partial charge on any atom is -0.380 e. The highest BCUT2D eigenvalue weighted by Crippen LogP contribution is 2.03. The van der Waals surface area contributed by atoms with Crippen LogP contribution in [0.5, 0.6) is 0 Å². The Kier molecular flexibility index (Phi) is 5.78. The molecule has 0 spiro atoms. The molecule has 0 amide bonds. The van der Waals surface area contributed by atoms with Crippen LogP contribution in [0.4, 0.5) is 10.2 Å². The molecule has 0 unspecified atom stereocenters. The summed E-state index contributed by atoms with van der Waals surface area (Å²) >= 11 is 0. The first-order valence-electron chi connectivity index (χ1n) is 5.62. The van der Waals surface area contributed by atoms with E-state index in [1.807, 2.05) is 0 Å². The second-order valence-corrected chi connectivity index (χ2v) is 4.07. The van der Waals surface area contributed by atoms with Crippen molar-refractivity contribution in [2.45, 2.75) is 20.3 Å². The van der Waals surface area contributed by atoms with Crippen LogP contribution in [0.25, 0.3) is 0 Å². The summed E-state index contributed by atoms with van der Waals surface area (Å²) < 4.78 is 18.1. The van der Waals surface area contributed by atoms with Gasteiger partial charge < -0.3 is 10.1 Å². The molecular weight excluding hydrogens is 207 g/mol. The summed E-state index contributed by atoms with van der Waals surface area (Å²) in [7, 11) is 0. The maximum atomic E-state index is 12.7. The molecule has 1 heterocycles. The standard InChI is InChI=1S/C12H19FN2O/c1-10(2)6-8-16-9-7-14-12-5-3-4-11(13)15-12/h3-5,10H,6-9H2,1-2H3,(H,14,15). The average Bonchev–Trinajstić information content (AvgIpc) is 2.23. The number of pyridine rings is 1. The van der Waals surface area contributed by atoms with Crippen LogP contribution in [0, 0.1) is 11.9 Å². The third-order valence-electron chi connectivity index (χ3n) is 2.11. The van der Waals surface area contributed by atoms with Crippen molar-refractivity contribution in [3.63, 3.8) is 0 Å². The molecule has 1 rings (SSSR count). The van der Waals surface area contributed by atoms with E-state index in [0.29, 0.717) is 24.9 Å². The third kappa shape index (κ3) is 5.66. The third-order valence-corrected chi connectivity index (χ3v) is 2.11. The molecule has 1 aromatic rings. The zero-order valence-corrected chi connectivity index (χ0v) is 9.87. The zero-order valence-electron chi connectivity index (χ0n) is 9.87. The summed E-state index contributed by atoms with van der Waals surface area (Å²) in [5, 5.41) is 3.00. The monoisotopic (exact) mass is 226 g/mol. The molecule has 0 aliphatic rings. The minimum atomic E-state index is -0.467. The van der Waals surface area contributed by atoms with Gasteiger partial charge in [0.05, 0.1) is 6.61 Å². The quantitative estimate of drug-likeness (QED) is 0.573. The Hall–Kier alpha value is -1.16. The first-order chi connectivity index (χ1) is 7.68. The fraction of sp³-hybridized carbons (Fsp3) is 0.583. The van der Waals surface area contributed by atoms with E-state index in [-0.39, 0.29) is 0 Å². The number of hydrogen-bond donors (Lipinski definition) is 1. The van der Waals surface area contributed by atoms with E-state index in [9.17, 15) is 4.39 Å². The van der Waals surface area contributed by atoms with Crippen LogP contribution in [0.1, 0.15) is 20.3 Å². The molecule has 0 saturated carbocycles. The van der Waals surface area contributed by atoms with Gasteiger partial charge in [0.1, 0.15) is 5.82 Å². The summed E-state index contributed by atoms with van der Waals surface area (Å²) in [5.41, 5.74) is 0. The van der Waals surface area contributed by atoms with E-state index in [1.54, 1.807) is 12.1 Å². The summed E-state index contributed by atoms with van der Waals surface area (Å²) in [6.45, 7) is 6.37. The van der Waals surface area contributed by atoms with Crippen LogP contribution in [-0.2, 0) is 4.74 Å². The summed E-state index contributed by atoms with van der Waals surface area (Å²) in [6, 6.07) is 4.69. The second kappa shape index (κ2) is 7.17. The zero-order chi connectivity index (χ0) is 11.8. The van der Waals surface area contributed by atoms with Crippen LogP contribution in [0.2, 0.25) is 0 Å². The predicted molar refractivity (Wildman–Crippen MR) is 63.0 cm³/mol. The van der Waals surface area contributed by atoms with Crippen molar-refractivity contribution in [2.75, 3.05) is 25.1 Å². The van der Waals surface area contributed by atoms with Crippen molar-refractivity contribution in [3.8, 4) is 0 Å². The summed E-state index contributed by atoms with van der Waals surface area (Å²) in [6.07, 6.45) is 1.07. The van der Waals surface area contributed by atoms with Gasteiger partial charge >= 0.3 is 0 Å². The lowest BCUT2D eigenvalue weighted by Crippen LogP contribution is -2.11. The van der Waals surface area contributed by atoms with Gasteiger partial charge in [-0.1, -0.05) is 19.9 Å². The van der Waals surface area contributed by atoms with Gasteiger partial charge in [-0.2, -0.15) is 4.39 Å². The molecule has 0 aromatic carbocycles. The molecule has 0 aliphatic carbocycles. The molecule has 1 N–H and O–H groups in total. The van der Waals surface area contributed by atoms with Crippen LogP contribution >= 0.6 is 0 Å². The summed E-state index contributed by atoms with van der Waals surface area (Å²) in [4.78, 5) is 3.69. The van der Waals surface area contributed by atoms with Crippen molar-refractivity contribution < 1.29 is 9.13 Å². The Morgan fingerprint density at radius 3 is 2.88 bits per heavy atom. The number of ether oxygens (including phenoxy) is 1. The molecule has 0 radical (unpaired) electrons. The van der Waals surface area contributed by atoms with Gasteiger partial charge in [0.25, 0.3) is 0 Å². The fourth-order valence-corrected chi connectivity index (χ4v) is 1.18. The highest BCUT2D eigenvalue weighted by molar-refractivity contribution is 5.33. The first kappa shape index (κ1) is 12.9. The summed E-state index contributed by atoms with van der Waals surface area (Å²) in [5.74, 6) is 0.746. The van der Waals surface area contributed by atoms with E-state index in [4.69, 9.17) is 4.74 Å². The topological polar surface area (TPSA) is 34.1 Å². The van der Waals surface area contributed by atoms with E-state index in [0.717, 1.165) is 13.0 Å². The number of halogens is 1. The molecule has 0 aliphatic heterocycles. The van der Waals surface area contributed by atoms with Gasteiger partial charge in [-0.25, -0.2) is 4.98 Å². The van der Waals surface area contributed by atoms with Gasteiger partial charge in [0, 0.05) is 13.2 Å². The van der Waals surface area contributed by atoms with Crippen molar-refractivity contribution in [2.24, 2.45) is 5.92 Å². The molecule has 1 aromatic heterocycles. The van der Waals surface area contributed by atoms with Gasteiger partial charge in [-0.3, -0.25) is 0 Å². The van der Waals surface area contributed by atoms with E-state index >= 15 is 0 Å². The lowest BCUT2D eigenvalue weighted by atomic mass is 10.1. The molecule has 0 fully saturated rings. The number of anilines is 1. The lowest BCUT2D eigenvalue weighted by molar-refractivity contribution is 0.132. The van der Waals surface area contributed by atoms with Crippen LogP contribution in [0.3, 0.4) is 0 Å². The Bertz CT molecular complexity index is 305. The van der Waals surface area contributed by atoms with E-state index in [2.05, 4.69) is 24.1 Å². The number of hydrogen-bond acceptors (Lipinski definition) is 3. The fourth-order valence-electron chi connectivity index (χ4n) is 1.18. The minimum absolute atomic E-state index is 0.467. The molecule has 16 heavy (non-hydrogen) atoms. The molecule has 90 valence electrons. The van der Waals surface area contributed by atoms with Gasteiger partial charge in [-0.05, 0) is 24.5 Å². The molecule has 3 nitrogen and oxygen atoms in total. The van der Waals surface area contributed by atoms with E-state index in [1.165, 1.54) is 6.07 Å². The maximum absolute atomic E-state index is 12.7. The first-order valence-corrected chi connectivity index (χ1v) is 5.62. The Labute approximate surface area is 96.0 Å². The van der Waals surface area contributed by atoms with Crippen LogP contribution in [0.15, 0.2) is 18.2 Å². The van der Waals surface area contributed by atoms with Crippen molar-refractivity contribution >= 4 is 5.82 Å². The Balaban J connectivity index is 2.07. The van der Waals surface area contributed by atoms with Crippen molar-refractivity contribution in [1.82, 2.24) is 4.98 Å². The van der Waals surface area contributed by atoms with E-state index < -0.39 is 5.95 Å². The number of aromatic nitrogens is 1. The van der Waals surface area contributed by atoms with Crippen molar-refractivity contribution in [3.05, 3.63) is 24.1 Å². The molecule has 0 saturated heterocycles. The maximum Gasteiger partial charge on any atom is 0.214 e. The normalized spacial score (nSPS) is 10.8. The molecule has 4 heteroatoms. The smallest absolute Gasteiger partial charge is 0.214 e. The van der Waals surface area contributed by atoms with Crippen LogP contribution in [-0.4, -0.2) is 24.7 Å². The second-order valence-electron chi connectivity index (χ2n) is 4.07. The van der Waals surface area contributed by atoms with Crippen LogP contribution < -0.4 is 5.32 Å². The number of nitrogens with one attached hydrogen (secondary N) is 1. The predicted octanol–water partition coefficient (Wildman–Crippen LogP) is 2.70. The number of rotatable bonds is 7. The van der Waals surface area contributed by atoms with Gasteiger partial charge in [0.15, 0.2) is 0 Å². The Morgan fingerprint density at radius 1 is 1.38 bits per heavy atom. The Morgan fingerprint density at radius 2 is 2.19 bits per heavy atom. The largest absolute Gasteiger partial charge is 0.380 e. The van der Waals surface area contributed by atoms with Crippen molar-refractivity contribution in [1.29, 1.82) is 0 Å². The lowest BCUT2D eigenvalue weighted by Gasteiger charge is -2.07. The highest BCUT2D eigenvalue weighted by atomic mass is 19.1.